The van der Waals surface area contributed by atoms with Gasteiger partial charge in [-0.3, -0.25) is 9.59 Å². The third-order valence-electron chi connectivity index (χ3n) is 3.33. The molecule has 0 N–H and O–H groups in total. The number of Topliss-reactive ketones (excluding diaryl/α,β-unsaturated/α-hetero) is 2. The molecule has 0 amide bonds. The zero-order valence-corrected chi connectivity index (χ0v) is 14.8. The van der Waals surface area contributed by atoms with Gasteiger partial charge in [-0.05, 0) is 37.0 Å². The largest absolute Gasteiger partial charge is 0.299 e. The van der Waals surface area contributed by atoms with Crippen molar-refractivity contribution in [3.8, 4) is 0 Å². The first kappa shape index (κ1) is 18.9. The summed E-state index contributed by atoms with van der Waals surface area (Å²) < 4.78 is 0. The molecule has 0 unspecified atom stereocenters. The lowest BCUT2D eigenvalue weighted by Gasteiger charge is -1.99. The van der Waals surface area contributed by atoms with Crippen molar-refractivity contribution in [2.75, 3.05) is 5.75 Å². The van der Waals surface area contributed by atoms with Gasteiger partial charge in [0.25, 0.3) is 0 Å². The van der Waals surface area contributed by atoms with Crippen molar-refractivity contribution in [3.63, 3.8) is 0 Å². The van der Waals surface area contributed by atoms with Crippen LogP contribution in [0.1, 0.15) is 65.6 Å². The van der Waals surface area contributed by atoms with E-state index in [4.69, 9.17) is 0 Å². The Hall–Kier alpha value is -1.13. The summed E-state index contributed by atoms with van der Waals surface area (Å²) in [6.45, 7) is 5.89. The number of carbonyl (C=O) groups excluding carboxylic acids is 2. The molecule has 0 fully saturated rings. The number of unbranched alkanes of at least 4 members (excludes halogenated alkanes) is 2. The van der Waals surface area contributed by atoms with Gasteiger partial charge in [0.05, 0.1) is 4.88 Å². The van der Waals surface area contributed by atoms with Crippen LogP contribution < -0.4 is 0 Å². The van der Waals surface area contributed by atoms with Crippen molar-refractivity contribution < 1.29 is 9.59 Å². The molecule has 2 nitrogen and oxygen atoms in total. The molecular weight excluding hydrogens is 312 g/mol. The van der Waals surface area contributed by atoms with E-state index in [1.165, 1.54) is 11.3 Å². The van der Waals surface area contributed by atoms with E-state index < -0.39 is 0 Å². The molecule has 4 heteroatoms. The molecule has 1 rings (SSSR count). The van der Waals surface area contributed by atoms with Crippen LogP contribution in [-0.2, 0) is 4.79 Å². The van der Waals surface area contributed by atoms with Crippen LogP contribution in [0, 0.1) is 0 Å². The van der Waals surface area contributed by atoms with Gasteiger partial charge in [0.15, 0.2) is 5.78 Å². The summed E-state index contributed by atoms with van der Waals surface area (Å²) >= 11 is 5.48. The standard InChI is InChI=1S/C18H24O2S2/c1-3-5-11-17-14(4-2)12-18(22-17)16(20)10-8-6-7-9-15(19)13-21/h4-5,11-12,21H,2-3,6-10,13H2,1H3/b11-5-. The maximum absolute atomic E-state index is 12.2. The van der Waals surface area contributed by atoms with Crippen molar-refractivity contribution >= 4 is 47.7 Å². The molecule has 0 aromatic carbocycles. The van der Waals surface area contributed by atoms with Crippen LogP contribution >= 0.6 is 24.0 Å². The molecule has 0 atom stereocenters. The van der Waals surface area contributed by atoms with E-state index in [2.05, 4.69) is 38.3 Å². The second-order valence-corrected chi connectivity index (χ2v) is 6.53. The first-order valence-corrected chi connectivity index (χ1v) is 9.15. The maximum Gasteiger partial charge on any atom is 0.172 e. The monoisotopic (exact) mass is 336 g/mol. The number of ketones is 2. The summed E-state index contributed by atoms with van der Waals surface area (Å²) in [5, 5.41) is 0. The molecule has 0 spiro atoms. The predicted molar refractivity (Wildman–Crippen MR) is 100 cm³/mol. The van der Waals surface area contributed by atoms with Crippen molar-refractivity contribution in [1.29, 1.82) is 0 Å². The number of thiophene rings is 1. The van der Waals surface area contributed by atoms with Crippen LogP contribution in [0.15, 0.2) is 18.7 Å². The maximum atomic E-state index is 12.2. The van der Waals surface area contributed by atoms with Crippen LogP contribution in [0.4, 0.5) is 0 Å². The van der Waals surface area contributed by atoms with Gasteiger partial charge in [-0.15, -0.1) is 11.3 Å². The minimum atomic E-state index is 0.177. The van der Waals surface area contributed by atoms with Gasteiger partial charge in [-0.25, -0.2) is 0 Å². The lowest BCUT2D eigenvalue weighted by Crippen LogP contribution is -1.99. The Kier molecular flexibility index (Phi) is 9.09. The zero-order chi connectivity index (χ0) is 16.4. The summed E-state index contributed by atoms with van der Waals surface area (Å²) in [6, 6.07) is 1.93. The quantitative estimate of drug-likeness (QED) is 0.331. The van der Waals surface area contributed by atoms with Crippen molar-refractivity contribution in [3.05, 3.63) is 34.0 Å². The summed E-state index contributed by atoms with van der Waals surface area (Å²) in [7, 11) is 0. The highest BCUT2D eigenvalue weighted by Gasteiger charge is 2.11. The van der Waals surface area contributed by atoms with Crippen LogP contribution in [-0.4, -0.2) is 17.3 Å². The molecule has 0 bridgehead atoms. The van der Waals surface area contributed by atoms with E-state index in [9.17, 15) is 9.59 Å². The summed E-state index contributed by atoms with van der Waals surface area (Å²) in [6.07, 6.45) is 10.6. The number of thiol groups is 1. The lowest BCUT2D eigenvalue weighted by molar-refractivity contribution is -0.116. The molecule has 1 aromatic heterocycles. The first-order chi connectivity index (χ1) is 10.6. The second-order valence-electron chi connectivity index (χ2n) is 5.13. The Morgan fingerprint density at radius 2 is 2.00 bits per heavy atom. The van der Waals surface area contributed by atoms with Crippen molar-refractivity contribution in [2.45, 2.75) is 45.4 Å². The number of allylic oxidation sites excluding steroid dienone is 1. The highest BCUT2D eigenvalue weighted by molar-refractivity contribution is 7.81. The first-order valence-electron chi connectivity index (χ1n) is 7.71. The van der Waals surface area contributed by atoms with E-state index in [0.29, 0.717) is 18.6 Å². The van der Waals surface area contributed by atoms with Gasteiger partial charge in [-0.1, -0.05) is 32.1 Å². The van der Waals surface area contributed by atoms with Gasteiger partial charge < -0.3 is 0 Å². The van der Waals surface area contributed by atoms with Gasteiger partial charge in [0.2, 0.25) is 0 Å². The third-order valence-corrected chi connectivity index (χ3v) is 4.84. The molecule has 0 saturated heterocycles. The smallest absolute Gasteiger partial charge is 0.172 e. The topological polar surface area (TPSA) is 34.1 Å². The minimum Gasteiger partial charge on any atom is -0.299 e. The number of carbonyl (C=O) groups is 2. The molecule has 22 heavy (non-hydrogen) atoms. The Labute approximate surface area is 142 Å². The zero-order valence-electron chi connectivity index (χ0n) is 13.1. The fourth-order valence-electron chi connectivity index (χ4n) is 2.06. The summed E-state index contributed by atoms with van der Waals surface area (Å²) in [5.41, 5.74) is 1.03. The van der Waals surface area contributed by atoms with Gasteiger partial charge in [0, 0.05) is 23.5 Å². The highest BCUT2D eigenvalue weighted by Crippen LogP contribution is 2.26. The van der Waals surface area contributed by atoms with E-state index in [0.717, 1.165) is 41.0 Å². The molecular formula is C18H24O2S2. The average Bonchev–Trinajstić information content (AvgIpc) is 2.95. The Balaban J connectivity index is 2.48. The molecule has 1 heterocycles. The Morgan fingerprint density at radius 1 is 1.27 bits per heavy atom. The molecule has 0 aliphatic carbocycles. The highest BCUT2D eigenvalue weighted by atomic mass is 32.1. The second kappa shape index (κ2) is 10.6. The number of rotatable bonds is 11. The van der Waals surface area contributed by atoms with E-state index in [-0.39, 0.29) is 11.6 Å². The molecule has 0 aliphatic rings. The summed E-state index contributed by atoms with van der Waals surface area (Å²) in [5.74, 6) is 0.674. The number of hydrogen-bond donors (Lipinski definition) is 1. The predicted octanol–water partition coefficient (Wildman–Crippen LogP) is 5.45. The normalized spacial score (nSPS) is 11.0. The van der Waals surface area contributed by atoms with Crippen LogP contribution in [0.3, 0.4) is 0 Å². The molecule has 0 aliphatic heterocycles. The van der Waals surface area contributed by atoms with Crippen molar-refractivity contribution in [1.82, 2.24) is 0 Å². The average molecular weight is 337 g/mol. The molecule has 0 saturated carbocycles. The van der Waals surface area contributed by atoms with Gasteiger partial charge >= 0.3 is 0 Å². The van der Waals surface area contributed by atoms with Gasteiger partial charge in [0.1, 0.15) is 5.78 Å². The van der Waals surface area contributed by atoms with Crippen molar-refractivity contribution in [2.24, 2.45) is 0 Å². The molecule has 120 valence electrons. The van der Waals surface area contributed by atoms with Crippen LogP contribution in [0.2, 0.25) is 0 Å². The fourth-order valence-corrected chi connectivity index (χ4v) is 3.28. The lowest BCUT2D eigenvalue weighted by atomic mass is 10.1. The van der Waals surface area contributed by atoms with Gasteiger partial charge in [-0.2, -0.15) is 12.6 Å². The van der Waals surface area contributed by atoms with E-state index in [1.54, 1.807) is 6.08 Å². The SMILES string of the molecule is C=Cc1cc(C(=O)CCCCCC(=O)CS)sc1/C=C\CC. The molecule has 1 aromatic rings. The minimum absolute atomic E-state index is 0.177. The van der Waals surface area contributed by atoms with E-state index in [1.807, 2.05) is 6.07 Å². The summed E-state index contributed by atoms with van der Waals surface area (Å²) in [4.78, 5) is 25.3. The number of hydrogen-bond acceptors (Lipinski definition) is 4. The Morgan fingerprint density at radius 3 is 2.64 bits per heavy atom. The fraction of sp³-hybridized carbons (Fsp3) is 0.444. The van der Waals surface area contributed by atoms with E-state index >= 15 is 0 Å². The van der Waals surface area contributed by atoms with Crippen LogP contribution in [0.5, 0.6) is 0 Å². The molecule has 0 radical (unpaired) electrons. The Bertz CT molecular complexity index is 541. The third kappa shape index (κ3) is 6.32. The van der Waals surface area contributed by atoms with Crippen LogP contribution in [0.25, 0.3) is 12.2 Å².